The molecule has 2 aromatic carbocycles. The van der Waals surface area contributed by atoms with Crippen LogP contribution in [0.5, 0.6) is 0 Å². The molecule has 0 unspecified atom stereocenters. The first-order valence-corrected chi connectivity index (χ1v) is 8.13. The first-order valence-electron chi connectivity index (χ1n) is 6.96. The third-order valence-electron chi connectivity index (χ3n) is 3.27. The van der Waals surface area contributed by atoms with Crippen molar-refractivity contribution in [3.63, 3.8) is 0 Å². The summed E-state index contributed by atoms with van der Waals surface area (Å²) in [5, 5.41) is 4.18. The summed E-state index contributed by atoms with van der Waals surface area (Å²) in [6.07, 6.45) is 3.66. The van der Waals surface area contributed by atoms with Gasteiger partial charge in [0.05, 0.1) is 0 Å². The number of hydrogen-bond acceptors (Lipinski definition) is 1. The summed E-state index contributed by atoms with van der Waals surface area (Å²) >= 11 is 9.48. The van der Waals surface area contributed by atoms with Crippen molar-refractivity contribution in [1.29, 1.82) is 0 Å². The Morgan fingerprint density at radius 2 is 1.85 bits per heavy atom. The number of nitrogens with one attached hydrogen (secondary N) is 1. The van der Waals surface area contributed by atoms with E-state index in [1.54, 1.807) is 0 Å². The number of rotatable bonds is 6. The van der Waals surface area contributed by atoms with Gasteiger partial charge in [0.2, 0.25) is 0 Å². The van der Waals surface area contributed by atoms with Gasteiger partial charge in [-0.2, -0.15) is 0 Å². The molecule has 0 amide bonds. The zero-order valence-corrected chi connectivity index (χ0v) is 14.0. The SMILES string of the molecule is CCCCc1ccc(NCc2ccc(Cl)cc2Br)cc1. The molecule has 20 heavy (non-hydrogen) atoms. The molecule has 0 aromatic heterocycles. The van der Waals surface area contributed by atoms with Gasteiger partial charge in [0.25, 0.3) is 0 Å². The van der Waals surface area contributed by atoms with Gasteiger partial charge in [-0.3, -0.25) is 0 Å². The van der Waals surface area contributed by atoms with E-state index < -0.39 is 0 Å². The molecule has 0 saturated carbocycles. The smallest absolute Gasteiger partial charge is 0.0417 e. The van der Waals surface area contributed by atoms with Gasteiger partial charge < -0.3 is 5.32 Å². The zero-order chi connectivity index (χ0) is 14.4. The van der Waals surface area contributed by atoms with E-state index in [2.05, 4.69) is 52.4 Å². The van der Waals surface area contributed by atoms with Gasteiger partial charge in [-0.25, -0.2) is 0 Å². The van der Waals surface area contributed by atoms with Crippen molar-refractivity contribution >= 4 is 33.2 Å². The molecule has 0 fully saturated rings. The number of aryl methyl sites for hydroxylation is 1. The molecule has 0 saturated heterocycles. The first kappa shape index (κ1) is 15.4. The lowest BCUT2D eigenvalue weighted by molar-refractivity contribution is 0.795. The molecule has 0 atom stereocenters. The minimum atomic E-state index is 0.751. The summed E-state index contributed by atoms with van der Waals surface area (Å²) in [4.78, 5) is 0. The Morgan fingerprint density at radius 3 is 2.50 bits per heavy atom. The van der Waals surface area contributed by atoms with Crippen LogP contribution >= 0.6 is 27.5 Å². The highest BCUT2D eigenvalue weighted by molar-refractivity contribution is 9.10. The molecule has 0 heterocycles. The molecule has 2 aromatic rings. The molecule has 106 valence electrons. The van der Waals surface area contributed by atoms with E-state index in [1.807, 2.05) is 18.2 Å². The van der Waals surface area contributed by atoms with Crippen LogP contribution < -0.4 is 5.32 Å². The molecule has 0 bridgehead atoms. The fourth-order valence-corrected chi connectivity index (χ4v) is 2.86. The topological polar surface area (TPSA) is 12.0 Å². The van der Waals surface area contributed by atoms with Crippen LogP contribution in [0.3, 0.4) is 0 Å². The summed E-state index contributed by atoms with van der Waals surface area (Å²) in [6.45, 7) is 3.01. The molecule has 3 heteroatoms. The molecule has 0 aliphatic carbocycles. The highest BCUT2D eigenvalue weighted by Crippen LogP contribution is 2.22. The van der Waals surface area contributed by atoms with Crippen LogP contribution in [0.25, 0.3) is 0 Å². The molecular weight excluding hydrogens is 334 g/mol. The normalized spacial score (nSPS) is 10.6. The van der Waals surface area contributed by atoms with Gasteiger partial charge in [-0.1, -0.05) is 59.1 Å². The number of benzene rings is 2. The Hall–Kier alpha value is -0.990. The molecular formula is C17H19BrClN. The Bertz CT molecular complexity index is 551. The van der Waals surface area contributed by atoms with E-state index in [-0.39, 0.29) is 0 Å². The number of unbranched alkanes of at least 4 members (excludes halogenated alkanes) is 1. The monoisotopic (exact) mass is 351 g/mol. The minimum Gasteiger partial charge on any atom is -0.381 e. The standard InChI is InChI=1S/C17H19BrClN/c1-2-3-4-13-5-9-16(10-6-13)20-12-14-7-8-15(19)11-17(14)18/h5-11,20H,2-4,12H2,1H3. The molecule has 0 aliphatic rings. The van der Waals surface area contributed by atoms with Gasteiger partial charge in [0.1, 0.15) is 0 Å². The van der Waals surface area contributed by atoms with Crippen molar-refractivity contribution in [1.82, 2.24) is 0 Å². The predicted octanol–water partition coefficient (Wildman–Crippen LogP) is 6.06. The van der Waals surface area contributed by atoms with E-state index in [0.717, 1.165) is 21.7 Å². The maximum Gasteiger partial charge on any atom is 0.0417 e. The summed E-state index contributed by atoms with van der Waals surface area (Å²) in [5.41, 5.74) is 3.75. The maximum absolute atomic E-state index is 5.94. The lowest BCUT2D eigenvalue weighted by Gasteiger charge is -2.09. The fraction of sp³-hybridized carbons (Fsp3) is 0.294. The Balaban J connectivity index is 1.93. The molecule has 0 radical (unpaired) electrons. The van der Waals surface area contributed by atoms with Gasteiger partial charge in [-0.05, 0) is 48.2 Å². The summed E-state index contributed by atoms with van der Waals surface area (Å²) in [6, 6.07) is 14.6. The third kappa shape index (κ3) is 4.53. The predicted molar refractivity (Wildman–Crippen MR) is 91.5 cm³/mol. The second-order valence-corrected chi connectivity index (χ2v) is 6.18. The summed E-state index contributed by atoms with van der Waals surface area (Å²) in [5.74, 6) is 0. The van der Waals surface area contributed by atoms with Gasteiger partial charge in [0, 0.05) is 21.7 Å². The van der Waals surface area contributed by atoms with E-state index in [4.69, 9.17) is 11.6 Å². The van der Waals surface area contributed by atoms with E-state index in [0.29, 0.717) is 0 Å². The minimum absolute atomic E-state index is 0.751. The zero-order valence-electron chi connectivity index (χ0n) is 11.6. The second-order valence-electron chi connectivity index (χ2n) is 4.89. The van der Waals surface area contributed by atoms with Crippen LogP contribution in [0.2, 0.25) is 5.02 Å². The van der Waals surface area contributed by atoms with Crippen molar-refractivity contribution in [3.8, 4) is 0 Å². The van der Waals surface area contributed by atoms with Crippen LogP contribution in [0.15, 0.2) is 46.9 Å². The van der Waals surface area contributed by atoms with Crippen LogP contribution in [-0.2, 0) is 13.0 Å². The average Bonchev–Trinajstić information content (AvgIpc) is 2.45. The van der Waals surface area contributed by atoms with Crippen molar-refractivity contribution in [2.45, 2.75) is 32.7 Å². The number of hydrogen-bond donors (Lipinski definition) is 1. The highest BCUT2D eigenvalue weighted by Gasteiger charge is 2.01. The van der Waals surface area contributed by atoms with Crippen molar-refractivity contribution in [2.75, 3.05) is 5.32 Å². The van der Waals surface area contributed by atoms with E-state index in [1.165, 1.54) is 30.4 Å². The lowest BCUT2D eigenvalue weighted by Crippen LogP contribution is -2.00. The van der Waals surface area contributed by atoms with Gasteiger partial charge in [0.15, 0.2) is 0 Å². The maximum atomic E-state index is 5.94. The van der Waals surface area contributed by atoms with Crippen LogP contribution in [-0.4, -0.2) is 0 Å². The van der Waals surface area contributed by atoms with Crippen molar-refractivity contribution in [2.24, 2.45) is 0 Å². The van der Waals surface area contributed by atoms with E-state index in [9.17, 15) is 0 Å². The van der Waals surface area contributed by atoms with Crippen molar-refractivity contribution < 1.29 is 0 Å². The van der Waals surface area contributed by atoms with Crippen molar-refractivity contribution in [3.05, 3.63) is 63.1 Å². The Kier molecular flexibility index (Phi) is 5.93. The quantitative estimate of drug-likeness (QED) is 0.666. The van der Waals surface area contributed by atoms with E-state index >= 15 is 0 Å². The largest absolute Gasteiger partial charge is 0.381 e. The third-order valence-corrected chi connectivity index (χ3v) is 4.24. The lowest BCUT2D eigenvalue weighted by atomic mass is 10.1. The summed E-state index contributed by atoms with van der Waals surface area (Å²) in [7, 11) is 0. The summed E-state index contributed by atoms with van der Waals surface area (Å²) < 4.78 is 1.04. The number of anilines is 1. The van der Waals surface area contributed by atoms with Crippen LogP contribution in [0.1, 0.15) is 30.9 Å². The molecule has 1 N–H and O–H groups in total. The fourth-order valence-electron chi connectivity index (χ4n) is 2.03. The number of halogens is 2. The highest BCUT2D eigenvalue weighted by atomic mass is 79.9. The Morgan fingerprint density at radius 1 is 1.10 bits per heavy atom. The second kappa shape index (κ2) is 7.70. The first-order chi connectivity index (χ1) is 9.69. The molecule has 0 aliphatic heterocycles. The Labute approximate surface area is 134 Å². The molecule has 1 nitrogen and oxygen atoms in total. The van der Waals surface area contributed by atoms with Crippen LogP contribution in [0.4, 0.5) is 5.69 Å². The van der Waals surface area contributed by atoms with Gasteiger partial charge in [-0.15, -0.1) is 0 Å². The molecule has 0 spiro atoms. The van der Waals surface area contributed by atoms with Gasteiger partial charge >= 0.3 is 0 Å². The van der Waals surface area contributed by atoms with Crippen LogP contribution in [0, 0.1) is 0 Å². The molecule has 2 rings (SSSR count). The average molecular weight is 353 g/mol.